The van der Waals surface area contributed by atoms with Crippen LogP contribution in [0.5, 0.6) is 0 Å². The molecule has 5 heteroatoms. The van der Waals surface area contributed by atoms with Gasteiger partial charge < -0.3 is 5.32 Å². The zero-order chi connectivity index (χ0) is 20.7. The number of amides is 1. The Balaban J connectivity index is 1.26. The molecule has 1 N–H and O–H groups in total. The summed E-state index contributed by atoms with van der Waals surface area (Å²) in [5.41, 5.74) is 3.98. The first-order valence-corrected chi connectivity index (χ1v) is 10.7. The lowest BCUT2D eigenvalue weighted by Gasteiger charge is -2.13. The summed E-state index contributed by atoms with van der Waals surface area (Å²) in [6, 6.07) is 14.0. The summed E-state index contributed by atoms with van der Waals surface area (Å²) in [6.07, 6.45) is 7.75. The van der Waals surface area contributed by atoms with E-state index in [0.717, 1.165) is 41.4 Å². The molecule has 0 aliphatic heterocycles. The first-order valence-electron chi connectivity index (χ1n) is 10.4. The number of nitrogens with one attached hydrogen (secondary N) is 1. The Bertz CT molecular complexity index is 1140. The van der Waals surface area contributed by atoms with Crippen molar-refractivity contribution in [2.45, 2.75) is 25.7 Å². The maximum atomic E-state index is 13.8. The molecule has 2 aliphatic carbocycles. The molecule has 152 valence electrons. The van der Waals surface area contributed by atoms with E-state index in [0.29, 0.717) is 29.2 Å². The van der Waals surface area contributed by atoms with Crippen molar-refractivity contribution in [3.8, 4) is 0 Å². The average Bonchev–Trinajstić information content (AvgIpc) is 3.27. The molecule has 30 heavy (non-hydrogen) atoms. The average molecular weight is 421 g/mol. The molecule has 2 aliphatic rings. The number of benzene rings is 2. The Hall–Kier alpha value is -2.72. The van der Waals surface area contributed by atoms with Crippen LogP contribution in [0, 0.1) is 23.6 Å². The molecule has 3 aromatic rings. The highest BCUT2D eigenvalue weighted by Crippen LogP contribution is 2.49. The van der Waals surface area contributed by atoms with Gasteiger partial charge in [0.2, 0.25) is 5.91 Å². The van der Waals surface area contributed by atoms with Gasteiger partial charge in [-0.05, 0) is 96.7 Å². The molecule has 0 spiro atoms. The third-order valence-corrected chi connectivity index (χ3v) is 6.65. The number of rotatable bonds is 4. The van der Waals surface area contributed by atoms with Gasteiger partial charge in [-0.1, -0.05) is 17.7 Å². The number of pyridine rings is 1. The van der Waals surface area contributed by atoms with Crippen LogP contribution in [0.3, 0.4) is 0 Å². The fourth-order valence-electron chi connectivity index (χ4n) is 5.10. The Labute approximate surface area is 180 Å². The lowest BCUT2D eigenvalue weighted by molar-refractivity contribution is -0.117. The summed E-state index contributed by atoms with van der Waals surface area (Å²) >= 11 is 5.90. The number of halogens is 2. The van der Waals surface area contributed by atoms with Crippen LogP contribution in [0.25, 0.3) is 16.5 Å². The summed E-state index contributed by atoms with van der Waals surface area (Å²) < 4.78 is 13.8. The largest absolute Gasteiger partial charge is 0.326 e. The van der Waals surface area contributed by atoms with Gasteiger partial charge in [-0.2, -0.15) is 0 Å². The molecule has 0 saturated heterocycles. The van der Waals surface area contributed by atoms with Crippen LogP contribution < -0.4 is 5.32 Å². The van der Waals surface area contributed by atoms with Gasteiger partial charge in [0.25, 0.3) is 0 Å². The van der Waals surface area contributed by atoms with Crippen molar-refractivity contribution in [1.82, 2.24) is 4.98 Å². The third kappa shape index (κ3) is 3.84. The number of carbonyl (C=O) groups is 1. The first-order chi connectivity index (χ1) is 14.5. The van der Waals surface area contributed by atoms with Gasteiger partial charge in [-0.25, -0.2) is 4.39 Å². The fourth-order valence-corrected chi connectivity index (χ4v) is 5.22. The second-order valence-electron chi connectivity index (χ2n) is 8.44. The molecule has 0 radical (unpaired) electrons. The lowest BCUT2D eigenvalue weighted by atomic mass is 9.94. The number of nitrogens with zero attached hydrogens (tertiary/aromatic N) is 1. The standard InChI is InChI=1S/C25H22ClFN2O/c26-19-1-4-21(5-2-19)29-25(30)11-15-9-16-12-18(13-17(16)10-15)22-7-8-28-24-6-3-20(27)14-23(22)24/h1-8,12,14-17H,9-11,13H2,(H,29,30)/t15-,16-,17+/m0/s1. The van der Waals surface area contributed by atoms with Crippen LogP contribution in [0.1, 0.15) is 31.2 Å². The van der Waals surface area contributed by atoms with Crippen LogP contribution in [0.2, 0.25) is 5.02 Å². The number of fused-ring (bicyclic) bond motifs is 2. The van der Waals surface area contributed by atoms with E-state index in [1.54, 1.807) is 30.5 Å². The molecule has 2 aromatic carbocycles. The van der Waals surface area contributed by atoms with Crippen LogP contribution in [-0.2, 0) is 4.79 Å². The zero-order valence-corrected chi connectivity index (χ0v) is 17.2. The number of allylic oxidation sites excluding steroid dienone is 2. The second-order valence-corrected chi connectivity index (χ2v) is 8.87. The normalized spacial score (nSPS) is 22.7. The fraction of sp³-hybridized carbons (Fsp3) is 0.280. The second kappa shape index (κ2) is 7.84. The van der Waals surface area contributed by atoms with E-state index >= 15 is 0 Å². The summed E-state index contributed by atoms with van der Waals surface area (Å²) in [5.74, 6) is 1.27. The van der Waals surface area contributed by atoms with Crippen LogP contribution >= 0.6 is 11.6 Å². The monoisotopic (exact) mass is 420 g/mol. The number of hydrogen-bond donors (Lipinski definition) is 1. The van der Waals surface area contributed by atoms with E-state index in [1.807, 2.05) is 18.2 Å². The summed E-state index contributed by atoms with van der Waals surface area (Å²) in [4.78, 5) is 16.8. The number of anilines is 1. The van der Waals surface area contributed by atoms with Crippen molar-refractivity contribution in [3.63, 3.8) is 0 Å². The molecule has 3 nitrogen and oxygen atoms in total. The minimum absolute atomic E-state index is 0.0575. The van der Waals surface area contributed by atoms with E-state index in [2.05, 4.69) is 16.4 Å². The van der Waals surface area contributed by atoms with Gasteiger partial charge in [0.05, 0.1) is 5.52 Å². The number of carbonyl (C=O) groups excluding carboxylic acids is 1. The van der Waals surface area contributed by atoms with Crippen molar-refractivity contribution in [2.24, 2.45) is 17.8 Å². The molecular weight excluding hydrogens is 399 g/mol. The molecule has 3 atom stereocenters. The summed E-state index contributed by atoms with van der Waals surface area (Å²) in [6.45, 7) is 0. The molecular formula is C25H22ClFN2O. The van der Waals surface area contributed by atoms with Crippen LogP contribution in [0.15, 0.2) is 60.8 Å². The lowest BCUT2D eigenvalue weighted by Crippen LogP contribution is -2.15. The van der Waals surface area contributed by atoms with E-state index in [1.165, 1.54) is 11.6 Å². The van der Waals surface area contributed by atoms with Crippen LogP contribution in [0.4, 0.5) is 10.1 Å². The van der Waals surface area contributed by atoms with Gasteiger partial charge >= 0.3 is 0 Å². The van der Waals surface area contributed by atoms with Gasteiger partial charge in [0.1, 0.15) is 5.82 Å². The quantitative estimate of drug-likeness (QED) is 0.524. The van der Waals surface area contributed by atoms with Gasteiger partial charge in [-0.3, -0.25) is 9.78 Å². The molecule has 0 bridgehead atoms. The molecule has 1 fully saturated rings. The van der Waals surface area contributed by atoms with E-state index in [4.69, 9.17) is 11.6 Å². The number of hydrogen-bond acceptors (Lipinski definition) is 2. The van der Waals surface area contributed by atoms with E-state index in [9.17, 15) is 9.18 Å². The SMILES string of the molecule is O=C(C[C@@H]1C[C@@H]2CC(c3ccnc4ccc(F)cc34)=C[C@@H]2C1)Nc1ccc(Cl)cc1. The van der Waals surface area contributed by atoms with Crippen molar-refractivity contribution < 1.29 is 9.18 Å². The molecule has 5 rings (SSSR count). The predicted molar refractivity (Wildman–Crippen MR) is 119 cm³/mol. The highest BCUT2D eigenvalue weighted by atomic mass is 35.5. The van der Waals surface area contributed by atoms with Crippen LogP contribution in [-0.4, -0.2) is 10.9 Å². The Morgan fingerprint density at radius 1 is 1.13 bits per heavy atom. The predicted octanol–water partition coefficient (Wildman–Crippen LogP) is 6.49. The maximum absolute atomic E-state index is 13.8. The van der Waals surface area contributed by atoms with Crippen molar-refractivity contribution >= 4 is 39.7 Å². The molecule has 0 unspecified atom stereocenters. The zero-order valence-electron chi connectivity index (χ0n) is 16.4. The minimum Gasteiger partial charge on any atom is -0.326 e. The summed E-state index contributed by atoms with van der Waals surface area (Å²) in [5, 5.41) is 4.50. The molecule has 1 amide bonds. The Morgan fingerprint density at radius 2 is 1.97 bits per heavy atom. The van der Waals surface area contributed by atoms with Crippen molar-refractivity contribution in [1.29, 1.82) is 0 Å². The van der Waals surface area contributed by atoms with Gasteiger partial charge in [0, 0.05) is 28.7 Å². The topological polar surface area (TPSA) is 42.0 Å². The maximum Gasteiger partial charge on any atom is 0.224 e. The molecule has 1 heterocycles. The molecule has 1 saturated carbocycles. The van der Waals surface area contributed by atoms with E-state index in [-0.39, 0.29) is 11.7 Å². The van der Waals surface area contributed by atoms with E-state index < -0.39 is 0 Å². The first kappa shape index (κ1) is 19.3. The minimum atomic E-state index is -0.234. The van der Waals surface area contributed by atoms with Gasteiger partial charge in [-0.15, -0.1) is 0 Å². The third-order valence-electron chi connectivity index (χ3n) is 6.40. The van der Waals surface area contributed by atoms with Gasteiger partial charge in [0.15, 0.2) is 0 Å². The highest BCUT2D eigenvalue weighted by Gasteiger charge is 2.38. The summed E-state index contributed by atoms with van der Waals surface area (Å²) in [7, 11) is 0. The number of aromatic nitrogens is 1. The Kier molecular flexibility index (Phi) is 5.03. The highest BCUT2D eigenvalue weighted by molar-refractivity contribution is 6.30. The molecule has 1 aromatic heterocycles. The smallest absolute Gasteiger partial charge is 0.224 e. The van der Waals surface area contributed by atoms with Crippen molar-refractivity contribution in [3.05, 3.63) is 77.2 Å². The Morgan fingerprint density at radius 3 is 2.77 bits per heavy atom. The van der Waals surface area contributed by atoms with Crippen molar-refractivity contribution in [2.75, 3.05) is 5.32 Å².